The number of methoxy groups -OCH3 is 2. The van der Waals surface area contributed by atoms with Crippen LogP contribution >= 0.6 is 31.9 Å². The maximum atomic E-state index is 5.43. The average Bonchev–Trinajstić information content (AvgIpc) is 2.69. The second-order valence-electron chi connectivity index (χ2n) is 4.57. The van der Waals surface area contributed by atoms with Gasteiger partial charge in [0.1, 0.15) is 0 Å². The van der Waals surface area contributed by atoms with Gasteiger partial charge in [-0.05, 0) is 0 Å². The van der Waals surface area contributed by atoms with Gasteiger partial charge >= 0.3 is 140 Å². The van der Waals surface area contributed by atoms with Gasteiger partial charge in [0.25, 0.3) is 0 Å². The van der Waals surface area contributed by atoms with Gasteiger partial charge < -0.3 is 0 Å². The van der Waals surface area contributed by atoms with Crippen molar-refractivity contribution in [2.24, 2.45) is 0 Å². The molecule has 2 nitrogen and oxygen atoms in total. The van der Waals surface area contributed by atoms with Crippen molar-refractivity contribution in [3.8, 4) is 22.6 Å². The van der Waals surface area contributed by atoms with Gasteiger partial charge in [0.15, 0.2) is 0 Å². The van der Waals surface area contributed by atoms with Crippen molar-refractivity contribution in [1.82, 2.24) is 0 Å². The molecule has 104 valence electrons. The summed E-state index contributed by atoms with van der Waals surface area (Å²) in [4.78, 5) is 0. The summed E-state index contributed by atoms with van der Waals surface area (Å²) in [6, 6.07) is 8.69. The molecular weight excluding hydrogens is 447 g/mol. The van der Waals surface area contributed by atoms with E-state index in [2.05, 4.69) is 61.8 Å². The summed E-state index contributed by atoms with van der Waals surface area (Å²) in [6.45, 7) is 0. The van der Waals surface area contributed by atoms with Gasteiger partial charge in [0.05, 0.1) is 0 Å². The van der Waals surface area contributed by atoms with Crippen LogP contribution in [0.3, 0.4) is 0 Å². The SMILES string of the molecule is COc1cc2c(cc1Br)[As](C)c1cc(Br)c(OC)cc1-2. The van der Waals surface area contributed by atoms with Crippen LogP contribution in [0.15, 0.2) is 33.2 Å². The molecule has 0 spiro atoms. The summed E-state index contributed by atoms with van der Waals surface area (Å²) in [5.74, 6) is 1.75. The second-order valence-corrected chi connectivity index (χ2v) is 10.6. The zero-order valence-electron chi connectivity index (χ0n) is 11.3. The molecule has 0 aliphatic carbocycles. The van der Waals surface area contributed by atoms with Crippen molar-refractivity contribution >= 4 is 55.2 Å². The topological polar surface area (TPSA) is 18.5 Å². The van der Waals surface area contributed by atoms with Crippen LogP contribution in [-0.4, -0.2) is 28.9 Å². The van der Waals surface area contributed by atoms with Crippen molar-refractivity contribution < 1.29 is 9.47 Å². The number of hydrogen-bond donors (Lipinski definition) is 0. The molecule has 0 saturated carbocycles. The van der Waals surface area contributed by atoms with Crippen LogP contribution in [0, 0.1) is 0 Å². The Hall–Kier alpha value is -0.442. The van der Waals surface area contributed by atoms with Crippen LogP contribution < -0.4 is 18.2 Å². The fourth-order valence-corrected chi connectivity index (χ4v) is 8.49. The molecule has 0 amide bonds. The number of ether oxygens (including phenoxy) is 2. The molecule has 5 heteroatoms. The Morgan fingerprint density at radius 2 is 1.20 bits per heavy atom. The first-order chi connectivity index (χ1) is 9.56. The summed E-state index contributed by atoms with van der Waals surface area (Å²) < 4.78 is 15.8. The van der Waals surface area contributed by atoms with Crippen molar-refractivity contribution in [2.45, 2.75) is 5.71 Å². The van der Waals surface area contributed by atoms with Crippen LogP contribution in [0.25, 0.3) is 11.1 Å². The summed E-state index contributed by atoms with van der Waals surface area (Å²) in [7, 11) is 3.40. The molecule has 1 aliphatic heterocycles. The predicted molar refractivity (Wildman–Crippen MR) is 91.3 cm³/mol. The molecule has 0 saturated heterocycles. The molecule has 0 aromatic heterocycles. The summed E-state index contributed by atoms with van der Waals surface area (Å²) >= 11 is 5.97. The van der Waals surface area contributed by atoms with E-state index in [1.807, 2.05) is 0 Å². The third-order valence-electron chi connectivity index (χ3n) is 3.55. The fraction of sp³-hybridized carbons (Fsp3) is 0.200. The van der Waals surface area contributed by atoms with Gasteiger partial charge in [-0.2, -0.15) is 0 Å². The van der Waals surface area contributed by atoms with E-state index in [1.54, 1.807) is 14.2 Å². The van der Waals surface area contributed by atoms with E-state index in [1.165, 1.54) is 19.8 Å². The minimum atomic E-state index is -1.21. The van der Waals surface area contributed by atoms with Crippen LogP contribution in [0.5, 0.6) is 11.5 Å². The molecule has 0 radical (unpaired) electrons. The molecule has 2 aromatic rings. The Morgan fingerprint density at radius 1 is 0.800 bits per heavy atom. The Morgan fingerprint density at radius 3 is 1.55 bits per heavy atom. The van der Waals surface area contributed by atoms with Crippen molar-refractivity contribution in [3.63, 3.8) is 0 Å². The molecule has 3 rings (SSSR count). The van der Waals surface area contributed by atoms with Gasteiger partial charge in [-0.15, -0.1) is 0 Å². The number of rotatable bonds is 2. The molecule has 0 fully saturated rings. The van der Waals surface area contributed by atoms with Crippen LogP contribution in [-0.2, 0) is 0 Å². The third kappa shape index (κ3) is 2.13. The van der Waals surface area contributed by atoms with Gasteiger partial charge in [0, 0.05) is 0 Å². The Labute approximate surface area is 140 Å². The van der Waals surface area contributed by atoms with Gasteiger partial charge in [-0.3, -0.25) is 0 Å². The van der Waals surface area contributed by atoms with Crippen molar-refractivity contribution in [3.05, 3.63) is 33.2 Å². The zero-order chi connectivity index (χ0) is 14.4. The van der Waals surface area contributed by atoms with Gasteiger partial charge in [-0.25, -0.2) is 0 Å². The number of halogens is 2. The third-order valence-corrected chi connectivity index (χ3v) is 9.38. The Kier molecular flexibility index (Phi) is 3.91. The van der Waals surface area contributed by atoms with Crippen molar-refractivity contribution in [2.75, 3.05) is 14.2 Å². The first-order valence-corrected chi connectivity index (χ1v) is 11.4. The van der Waals surface area contributed by atoms with Gasteiger partial charge in [-0.1, -0.05) is 0 Å². The molecule has 20 heavy (non-hydrogen) atoms. The summed E-state index contributed by atoms with van der Waals surface area (Å²) in [5, 5.41) is 0. The predicted octanol–water partition coefficient (Wildman–Crippen LogP) is 3.45. The monoisotopic (exact) mass is 458 g/mol. The van der Waals surface area contributed by atoms with E-state index in [-0.39, 0.29) is 0 Å². The van der Waals surface area contributed by atoms with Gasteiger partial charge in [0.2, 0.25) is 0 Å². The quantitative estimate of drug-likeness (QED) is 0.640. The van der Waals surface area contributed by atoms with Crippen LogP contribution in [0.4, 0.5) is 0 Å². The number of hydrogen-bond acceptors (Lipinski definition) is 2. The van der Waals surface area contributed by atoms with E-state index in [9.17, 15) is 0 Å². The average molecular weight is 460 g/mol. The number of benzene rings is 2. The molecule has 0 unspecified atom stereocenters. The molecule has 0 atom stereocenters. The summed E-state index contributed by atoms with van der Waals surface area (Å²) in [6.07, 6.45) is 0. The molecule has 1 heterocycles. The van der Waals surface area contributed by atoms with Crippen LogP contribution in [0.2, 0.25) is 5.71 Å². The standard InChI is InChI=1S/C15H13AsBr2O2/c1-16-10-6-12(17)14(19-2)4-8(10)9-5-15(20-3)13(18)7-11(9)16/h4-7H,1-3H3. The fourth-order valence-electron chi connectivity index (χ4n) is 2.51. The molecule has 0 bridgehead atoms. The molecule has 0 N–H and O–H groups in total. The summed E-state index contributed by atoms with van der Waals surface area (Å²) in [5.41, 5.74) is 4.94. The molecular formula is C15H13AsBr2O2. The molecule has 2 aromatic carbocycles. The molecule has 1 aliphatic rings. The van der Waals surface area contributed by atoms with E-state index in [4.69, 9.17) is 9.47 Å². The van der Waals surface area contributed by atoms with Crippen LogP contribution in [0.1, 0.15) is 0 Å². The van der Waals surface area contributed by atoms with E-state index in [0.29, 0.717) is 0 Å². The van der Waals surface area contributed by atoms with Crippen molar-refractivity contribution in [1.29, 1.82) is 0 Å². The Bertz CT molecular complexity index is 641. The van der Waals surface area contributed by atoms with E-state index >= 15 is 0 Å². The zero-order valence-corrected chi connectivity index (χ0v) is 16.4. The minimum absolute atomic E-state index is 0.876. The normalized spacial score (nSPS) is 13.1. The first kappa shape index (κ1) is 14.5. The maximum absolute atomic E-state index is 5.43. The number of fused-ring (bicyclic) bond motifs is 3. The second kappa shape index (κ2) is 5.40. The van der Waals surface area contributed by atoms with E-state index < -0.39 is 14.7 Å². The first-order valence-electron chi connectivity index (χ1n) is 6.06. The Balaban J connectivity index is 2.27. The van der Waals surface area contributed by atoms with E-state index in [0.717, 1.165) is 20.4 Å².